The molecule has 0 atom stereocenters. The van der Waals surface area contributed by atoms with Gasteiger partial charge in [-0.05, 0) is 43.4 Å². The van der Waals surface area contributed by atoms with Crippen molar-refractivity contribution < 1.29 is 4.79 Å². The summed E-state index contributed by atoms with van der Waals surface area (Å²) in [5.41, 5.74) is -0.0747. The summed E-state index contributed by atoms with van der Waals surface area (Å²) in [4.78, 5) is 12.0. The quantitative estimate of drug-likeness (QED) is 0.593. The lowest BCUT2D eigenvalue weighted by molar-refractivity contribution is -0.122. The van der Waals surface area contributed by atoms with E-state index < -0.39 is 0 Å². The lowest BCUT2D eigenvalue weighted by Gasteiger charge is -2.30. The van der Waals surface area contributed by atoms with Crippen molar-refractivity contribution in [3.63, 3.8) is 0 Å². The molecule has 0 heterocycles. The Balaban J connectivity index is 2.07. The summed E-state index contributed by atoms with van der Waals surface area (Å²) >= 11 is 0. The van der Waals surface area contributed by atoms with Crippen LogP contribution in [0.5, 0.6) is 0 Å². The third-order valence-corrected chi connectivity index (χ3v) is 3.90. The van der Waals surface area contributed by atoms with Crippen molar-refractivity contribution in [2.45, 2.75) is 65.7 Å². The van der Waals surface area contributed by atoms with Crippen molar-refractivity contribution in [1.82, 2.24) is 5.32 Å². The van der Waals surface area contributed by atoms with Crippen LogP contribution in [0.3, 0.4) is 0 Å². The van der Waals surface area contributed by atoms with Crippen LogP contribution in [0.25, 0.3) is 0 Å². The molecule has 0 aromatic carbocycles. The average Bonchev–Trinajstić information content (AvgIpc) is 2.92. The maximum absolute atomic E-state index is 12.0. The molecule has 0 aromatic heterocycles. The van der Waals surface area contributed by atoms with Gasteiger partial charge >= 0.3 is 0 Å². The highest BCUT2D eigenvalue weighted by Crippen LogP contribution is 2.41. The van der Waals surface area contributed by atoms with Gasteiger partial charge in [0.15, 0.2) is 0 Å². The van der Waals surface area contributed by atoms with Crippen LogP contribution in [0.1, 0.15) is 65.7 Å². The molecular weight excluding hydrogens is 246 g/mol. The lowest BCUT2D eigenvalue weighted by atomic mass is 9.75. The average molecular weight is 276 g/mol. The summed E-state index contributed by atoms with van der Waals surface area (Å²) in [5, 5.41) is 3.05. The van der Waals surface area contributed by atoms with E-state index in [0.717, 1.165) is 13.0 Å². The van der Waals surface area contributed by atoms with E-state index in [0.29, 0.717) is 6.42 Å². The van der Waals surface area contributed by atoms with E-state index in [4.69, 9.17) is 0 Å². The van der Waals surface area contributed by atoms with E-state index in [1.807, 2.05) is 12.8 Å². The molecule has 0 aliphatic heterocycles. The molecule has 0 unspecified atom stereocenters. The number of nitrogens with one attached hydrogen (secondary N) is 1. The summed E-state index contributed by atoms with van der Waals surface area (Å²) in [6.07, 6.45) is 16.4. The summed E-state index contributed by atoms with van der Waals surface area (Å²) in [5.74, 6) is 1.41. The van der Waals surface area contributed by atoms with Crippen LogP contribution in [-0.4, -0.2) is 12.5 Å². The van der Waals surface area contributed by atoms with E-state index in [-0.39, 0.29) is 11.3 Å². The van der Waals surface area contributed by atoms with Crippen molar-refractivity contribution in [1.29, 1.82) is 0 Å². The van der Waals surface area contributed by atoms with Gasteiger partial charge < -0.3 is 5.32 Å². The Morgan fingerprint density at radius 1 is 1.05 bits per heavy atom. The molecule has 1 N–H and O–H groups in total. The smallest absolute Gasteiger partial charge is 0.220 e. The minimum absolute atomic E-state index is 0.0747. The molecule has 0 spiro atoms. The maximum Gasteiger partial charge on any atom is 0.220 e. The molecule has 113 valence electrons. The lowest BCUT2D eigenvalue weighted by Crippen LogP contribution is -2.32. The standard InChI is InChI=1S/C18H30NO/c1-4-5-6-7-8-11-14-19-17(20)15-18(2,3)16-12-9-10-13-16/h9-10,12-13H,4-8,11,14-15H2,1-3H3,(H,19,20). The van der Waals surface area contributed by atoms with Gasteiger partial charge in [0.05, 0.1) is 0 Å². The van der Waals surface area contributed by atoms with E-state index in [2.05, 4.69) is 38.9 Å². The Bertz CT molecular complexity index is 267. The number of amides is 1. The van der Waals surface area contributed by atoms with Crippen LogP contribution >= 0.6 is 0 Å². The Hall–Kier alpha value is -0.530. The van der Waals surface area contributed by atoms with E-state index in [1.54, 1.807) is 0 Å². The third-order valence-electron chi connectivity index (χ3n) is 3.90. The van der Waals surface area contributed by atoms with Crippen molar-refractivity contribution in [2.24, 2.45) is 5.41 Å². The monoisotopic (exact) mass is 276 g/mol. The van der Waals surface area contributed by atoms with E-state index in [9.17, 15) is 4.79 Å². The van der Waals surface area contributed by atoms with Gasteiger partial charge in [-0.1, -0.05) is 52.9 Å². The zero-order valence-electron chi connectivity index (χ0n) is 13.4. The van der Waals surface area contributed by atoms with Crippen molar-refractivity contribution in [3.05, 3.63) is 31.6 Å². The SMILES string of the molecule is CCCCCCCCNC(=O)CC(C)(C)[C]1[CH][CH][CH][CH]1. The maximum atomic E-state index is 12.0. The number of rotatable bonds is 10. The highest BCUT2D eigenvalue weighted by Gasteiger charge is 2.34. The first-order chi connectivity index (χ1) is 9.56. The summed E-state index contributed by atoms with van der Waals surface area (Å²) < 4.78 is 0. The van der Waals surface area contributed by atoms with Gasteiger partial charge in [0.25, 0.3) is 0 Å². The first-order valence-corrected chi connectivity index (χ1v) is 8.05. The topological polar surface area (TPSA) is 29.1 Å². The molecule has 20 heavy (non-hydrogen) atoms. The van der Waals surface area contributed by atoms with Gasteiger partial charge in [0.2, 0.25) is 5.91 Å². The zero-order chi connectivity index (χ0) is 14.8. The number of unbranched alkanes of at least 4 members (excludes halogenated alkanes) is 5. The summed E-state index contributed by atoms with van der Waals surface area (Å²) in [6, 6.07) is 0. The minimum Gasteiger partial charge on any atom is -0.356 e. The number of hydrogen-bond acceptors (Lipinski definition) is 1. The predicted molar refractivity (Wildman–Crippen MR) is 85.2 cm³/mol. The second kappa shape index (κ2) is 9.41. The first kappa shape index (κ1) is 17.5. The molecule has 2 nitrogen and oxygen atoms in total. The van der Waals surface area contributed by atoms with E-state index >= 15 is 0 Å². The first-order valence-electron chi connectivity index (χ1n) is 8.05. The largest absolute Gasteiger partial charge is 0.356 e. The number of carbonyl (C=O) groups excluding carboxylic acids is 1. The zero-order valence-corrected chi connectivity index (χ0v) is 13.4. The van der Waals surface area contributed by atoms with Crippen LogP contribution in [0, 0.1) is 37.0 Å². The van der Waals surface area contributed by atoms with Gasteiger partial charge in [-0.25, -0.2) is 0 Å². The summed E-state index contributed by atoms with van der Waals surface area (Å²) in [7, 11) is 0. The molecule has 0 bridgehead atoms. The highest BCUT2D eigenvalue weighted by molar-refractivity contribution is 5.77. The Morgan fingerprint density at radius 2 is 1.65 bits per heavy atom. The molecule has 1 rings (SSSR count). The fourth-order valence-corrected chi connectivity index (χ4v) is 2.52. The fraction of sp³-hybridized carbons (Fsp3) is 0.667. The third kappa shape index (κ3) is 6.76. The summed E-state index contributed by atoms with van der Waals surface area (Å²) in [6.45, 7) is 7.32. The fourth-order valence-electron chi connectivity index (χ4n) is 2.52. The van der Waals surface area contributed by atoms with Gasteiger partial charge in [-0.2, -0.15) is 0 Å². The van der Waals surface area contributed by atoms with Crippen molar-refractivity contribution in [3.8, 4) is 0 Å². The Morgan fingerprint density at radius 3 is 2.30 bits per heavy atom. The van der Waals surface area contributed by atoms with Crippen LogP contribution < -0.4 is 5.32 Å². The van der Waals surface area contributed by atoms with Gasteiger partial charge in [-0.15, -0.1) is 0 Å². The van der Waals surface area contributed by atoms with Gasteiger partial charge in [0.1, 0.15) is 0 Å². The normalized spacial score (nSPS) is 16.6. The highest BCUT2D eigenvalue weighted by atomic mass is 16.1. The van der Waals surface area contributed by atoms with Crippen molar-refractivity contribution >= 4 is 5.91 Å². The van der Waals surface area contributed by atoms with Crippen LogP contribution in [0.15, 0.2) is 0 Å². The van der Waals surface area contributed by atoms with Crippen LogP contribution in [-0.2, 0) is 4.79 Å². The molecule has 1 aliphatic rings. The molecule has 5 radical (unpaired) electrons. The molecule has 1 aliphatic carbocycles. The Kier molecular flexibility index (Phi) is 8.25. The second-order valence-corrected chi connectivity index (χ2v) is 6.35. The number of hydrogen-bond donors (Lipinski definition) is 1. The molecule has 0 aromatic rings. The molecule has 1 fully saturated rings. The molecule has 1 amide bonds. The van der Waals surface area contributed by atoms with E-state index in [1.165, 1.54) is 38.0 Å². The second-order valence-electron chi connectivity index (χ2n) is 6.35. The van der Waals surface area contributed by atoms with Crippen LogP contribution in [0.4, 0.5) is 0 Å². The number of carbonyl (C=O) groups is 1. The molecule has 1 saturated carbocycles. The van der Waals surface area contributed by atoms with Crippen molar-refractivity contribution in [2.75, 3.05) is 6.54 Å². The van der Waals surface area contributed by atoms with Crippen LogP contribution in [0.2, 0.25) is 0 Å². The molecular formula is C18H30NO. The predicted octanol–water partition coefficient (Wildman–Crippen LogP) is 4.28. The molecule has 2 heteroatoms. The van der Waals surface area contributed by atoms with Gasteiger partial charge in [-0.3, -0.25) is 4.79 Å². The van der Waals surface area contributed by atoms with Gasteiger partial charge in [0, 0.05) is 13.0 Å². The molecule has 0 saturated heterocycles. The minimum atomic E-state index is -0.0747. The Labute approximate surface area is 126 Å².